The van der Waals surface area contributed by atoms with Crippen LogP contribution >= 0.6 is 11.8 Å². The molecule has 0 unspecified atom stereocenters. The van der Waals surface area contributed by atoms with Crippen LogP contribution < -0.4 is 5.73 Å². The van der Waals surface area contributed by atoms with Crippen molar-refractivity contribution in [1.82, 2.24) is 0 Å². The van der Waals surface area contributed by atoms with E-state index in [9.17, 15) is 0 Å². The van der Waals surface area contributed by atoms with Gasteiger partial charge in [0.1, 0.15) is 16.2 Å². The highest BCUT2D eigenvalue weighted by molar-refractivity contribution is 8.26. The van der Waals surface area contributed by atoms with Crippen LogP contribution in [0.15, 0.2) is 10.3 Å². The van der Waals surface area contributed by atoms with Gasteiger partial charge < -0.3 is 15.4 Å². The number of thioether (sulfide) groups is 1. The van der Waals surface area contributed by atoms with Gasteiger partial charge in [-0.15, -0.1) is 0 Å². The maximum absolute atomic E-state index is 6.99. The molecule has 0 bridgehead atoms. The van der Waals surface area contributed by atoms with Gasteiger partial charge in [-0.05, 0) is 46.4 Å². The number of hydrogen-bond acceptors (Lipinski definition) is 6. The van der Waals surface area contributed by atoms with E-state index >= 15 is 0 Å². The van der Waals surface area contributed by atoms with E-state index in [-0.39, 0.29) is 16.4 Å². The number of oxime groups is 2. The lowest BCUT2D eigenvalue weighted by molar-refractivity contribution is 0.0120. The summed E-state index contributed by atoms with van der Waals surface area (Å²) in [5, 5.41) is 15.4. The molecule has 0 spiro atoms. The summed E-state index contributed by atoms with van der Waals surface area (Å²) in [6.45, 7) is 9.95. The predicted molar refractivity (Wildman–Crippen MR) is 79.6 cm³/mol. The molecule has 0 radical (unpaired) electrons. The van der Waals surface area contributed by atoms with E-state index in [2.05, 4.69) is 10.3 Å². The maximum atomic E-state index is 6.99. The number of hydrogen-bond donors (Lipinski definition) is 2. The Labute approximate surface area is 118 Å². The zero-order valence-corrected chi connectivity index (χ0v) is 12.9. The Kier molecular flexibility index (Phi) is 4.84. The normalized spacial score (nSPS) is 22.4. The molecule has 0 aromatic rings. The van der Waals surface area contributed by atoms with E-state index in [1.165, 1.54) is 0 Å². The maximum Gasteiger partial charge on any atom is 0.157 e. The molecule has 19 heavy (non-hydrogen) atoms. The SMILES string of the molecule is CC1(C)CC(SC(=N)N)=NO1.CC1=NOC(C)(C)C1. The lowest BCUT2D eigenvalue weighted by Crippen LogP contribution is -2.19. The third-order valence-electron chi connectivity index (χ3n) is 2.33. The lowest BCUT2D eigenvalue weighted by Gasteiger charge is -2.12. The molecular weight excluding hydrogens is 264 g/mol. The van der Waals surface area contributed by atoms with Crippen LogP contribution in [0.25, 0.3) is 0 Å². The molecule has 0 saturated heterocycles. The number of rotatable bonds is 0. The van der Waals surface area contributed by atoms with Crippen molar-refractivity contribution in [1.29, 1.82) is 5.41 Å². The summed E-state index contributed by atoms with van der Waals surface area (Å²) in [6.07, 6.45) is 1.70. The first-order chi connectivity index (χ1) is 8.60. The fourth-order valence-electron chi connectivity index (χ4n) is 1.67. The van der Waals surface area contributed by atoms with E-state index < -0.39 is 0 Å². The van der Waals surface area contributed by atoms with Crippen molar-refractivity contribution >= 4 is 27.7 Å². The molecule has 2 aliphatic rings. The quantitative estimate of drug-likeness (QED) is 0.529. The van der Waals surface area contributed by atoms with Gasteiger partial charge in [0, 0.05) is 12.8 Å². The van der Waals surface area contributed by atoms with Crippen LogP contribution in [-0.4, -0.2) is 27.1 Å². The van der Waals surface area contributed by atoms with Crippen LogP contribution in [0.2, 0.25) is 0 Å². The van der Waals surface area contributed by atoms with Crippen LogP contribution in [0, 0.1) is 5.41 Å². The summed E-state index contributed by atoms with van der Waals surface area (Å²) in [5.74, 6) is 0. The number of nitrogens with two attached hydrogens (primary N) is 1. The molecule has 6 nitrogen and oxygen atoms in total. The van der Waals surface area contributed by atoms with Gasteiger partial charge in [0.15, 0.2) is 5.17 Å². The minimum atomic E-state index is -0.224. The molecule has 0 aromatic carbocycles. The van der Waals surface area contributed by atoms with Crippen molar-refractivity contribution in [3.05, 3.63) is 0 Å². The third kappa shape index (κ3) is 5.96. The molecule has 2 aliphatic heterocycles. The highest BCUT2D eigenvalue weighted by Gasteiger charge is 2.29. The van der Waals surface area contributed by atoms with Crippen molar-refractivity contribution in [3.8, 4) is 0 Å². The smallest absolute Gasteiger partial charge is 0.157 e. The van der Waals surface area contributed by atoms with E-state index in [0.717, 1.165) is 35.4 Å². The van der Waals surface area contributed by atoms with Crippen LogP contribution in [0.4, 0.5) is 0 Å². The fraction of sp³-hybridized carbons (Fsp3) is 0.750. The van der Waals surface area contributed by atoms with Crippen LogP contribution in [0.3, 0.4) is 0 Å². The molecule has 0 saturated carbocycles. The van der Waals surface area contributed by atoms with Crippen LogP contribution in [0.1, 0.15) is 47.5 Å². The van der Waals surface area contributed by atoms with Gasteiger partial charge in [0.05, 0.1) is 5.71 Å². The molecular formula is C12H22N4O2S. The van der Waals surface area contributed by atoms with E-state index in [1.807, 2.05) is 34.6 Å². The summed E-state index contributed by atoms with van der Waals surface area (Å²) in [5.41, 5.74) is 6.00. The minimum Gasteiger partial charge on any atom is -0.389 e. The number of amidine groups is 1. The monoisotopic (exact) mass is 286 g/mol. The van der Waals surface area contributed by atoms with Gasteiger partial charge in [0.2, 0.25) is 0 Å². The molecule has 7 heteroatoms. The fourth-order valence-corrected chi connectivity index (χ4v) is 2.42. The first kappa shape index (κ1) is 15.8. The Bertz CT molecular complexity index is 416. The first-order valence-corrected chi connectivity index (χ1v) is 6.90. The predicted octanol–water partition coefficient (Wildman–Crippen LogP) is 2.69. The highest BCUT2D eigenvalue weighted by atomic mass is 32.2. The molecule has 2 heterocycles. The third-order valence-corrected chi connectivity index (χ3v) is 3.00. The molecule has 108 valence electrons. The van der Waals surface area contributed by atoms with E-state index in [4.69, 9.17) is 20.8 Å². The summed E-state index contributed by atoms with van der Waals surface area (Å²) in [6, 6.07) is 0. The van der Waals surface area contributed by atoms with Crippen LogP contribution in [-0.2, 0) is 9.68 Å². The van der Waals surface area contributed by atoms with Gasteiger partial charge in [0.25, 0.3) is 0 Å². The van der Waals surface area contributed by atoms with Crippen molar-refractivity contribution in [3.63, 3.8) is 0 Å². The topological polar surface area (TPSA) is 93.1 Å². The number of nitrogens with zero attached hydrogens (tertiary/aromatic N) is 2. The van der Waals surface area contributed by atoms with Gasteiger partial charge in [-0.3, -0.25) is 5.41 Å². The standard InChI is InChI=1S/C6H11N3OS.C6H11NO/c1-6(2)3-4(9-10-6)11-5(7)8;1-5-4-6(2,3)8-7-5/h3H2,1-2H3,(H3,7,8);4H2,1-3H3. The second-order valence-corrected chi connectivity index (χ2v) is 6.95. The second kappa shape index (κ2) is 5.81. The van der Waals surface area contributed by atoms with E-state index in [0.29, 0.717) is 0 Å². The molecule has 2 rings (SSSR count). The molecule has 0 fully saturated rings. The van der Waals surface area contributed by atoms with Crippen molar-refractivity contribution in [2.75, 3.05) is 0 Å². The molecule has 0 aromatic heterocycles. The Morgan fingerprint density at radius 2 is 1.68 bits per heavy atom. The zero-order chi connectivity index (χ0) is 14.7. The van der Waals surface area contributed by atoms with Gasteiger partial charge >= 0.3 is 0 Å². The second-order valence-electron chi connectivity index (χ2n) is 5.83. The average Bonchev–Trinajstić information content (AvgIpc) is 2.69. The molecule has 3 N–H and O–H groups in total. The summed E-state index contributed by atoms with van der Waals surface area (Å²) in [4.78, 5) is 10.1. The van der Waals surface area contributed by atoms with Gasteiger partial charge in [-0.25, -0.2) is 0 Å². The molecule has 0 amide bonds. The summed E-state index contributed by atoms with van der Waals surface area (Å²) in [7, 11) is 0. The average molecular weight is 286 g/mol. The lowest BCUT2D eigenvalue weighted by atomic mass is 10.0. The summed E-state index contributed by atoms with van der Waals surface area (Å²) >= 11 is 1.15. The Balaban J connectivity index is 0.000000200. The zero-order valence-electron chi connectivity index (χ0n) is 12.1. The van der Waals surface area contributed by atoms with Gasteiger partial charge in [-0.2, -0.15) is 0 Å². The minimum absolute atomic E-state index is 0.0376. The Morgan fingerprint density at radius 3 is 1.95 bits per heavy atom. The summed E-state index contributed by atoms with van der Waals surface area (Å²) < 4.78 is 0. The molecule has 0 atom stereocenters. The van der Waals surface area contributed by atoms with Crippen molar-refractivity contribution in [2.45, 2.75) is 58.7 Å². The van der Waals surface area contributed by atoms with Gasteiger partial charge in [-0.1, -0.05) is 10.3 Å². The highest BCUT2D eigenvalue weighted by Crippen LogP contribution is 2.27. The van der Waals surface area contributed by atoms with Crippen LogP contribution in [0.5, 0.6) is 0 Å². The number of nitrogens with one attached hydrogen (secondary N) is 1. The van der Waals surface area contributed by atoms with E-state index in [1.54, 1.807) is 0 Å². The van der Waals surface area contributed by atoms with Crippen molar-refractivity contribution in [2.24, 2.45) is 16.0 Å². The first-order valence-electron chi connectivity index (χ1n) is 6.08. The van der Waals surface area contributed by atoms with Crippen molar-refractivity contribution < 1.29 is 9.68 Å². The largest absolute Gasteiger partial charge is 0.389 e. The Hall–Kier alpha value is -1.24. The molecule has 0 aliphatic carbocycles. The Morgan fingerprint density at radius 1 is 1.16 bits per heavy atom.